The molecule has 4 nitrogen and oxygen atoms in total. The van der Waals surface area contributed by atoms with Crippen molar-refractivity contribution in [3.8, 4) is 5.75 Å². The minimum Gasteiger partial charge on any atom is -0.491 e. The maximum absolute atomic E-state index is 14.0. The number of rotatable bonds is 6. The monoisotopic (exact) mass is 437 g/mol. The Bertz CT molecular complexity index is 1100. The number of hydrogen-bond donors (Lipinski definition) is 0. The number of nitrogens with zero attached hydrogens (tertiary/aromatic N) is 1. The van der Waals surface area contributed by atoms with Crippen LogP contribution in [0.5, 0.6) is 5.75 Å². The number of allylic oxidation sites excluding steroid dienone is 2. The predicted octanol–water partition coefficient (Wildman–Crippen LogP) is 5.72. The van der Waals surface area contributed by atoms with Gasteiger partial charge < -0.3 is 4.74 Å². The highest BCUT2D eigenvalue weighted by Crippen LogP contribution is 2.51. The summed E-state index contributed by atoms with van der Waals surface area (Å²) in [5, 5.41) is 0. The molecule has 1 aliphatic carbocycles. The summed E-state index contributed by atoms with van der Waals surface area (Å²) in [4.78, 5) is 29.3. The molecule has 1 saturated heterocycles. The number of imide groups is 1. The van der Waals surface area contributed by atoms with Crippen molar-refractivity contribution in [2.75, 3.05) is 11.5 Å². The van der Waals surface area contributed by atoms with Gasteiger partial charge in [-0.05, 0) is 29.7 Å². The fraction of sp³-hybridized carbons (Fsp3) is 0.241. The lowest BCUT2D eigenvalue weighted by Crippen LogP contribution is -2.32. The van der Waals surface area contributed by atoms with Gasteiger partial charge in [0, 0.05) is 11.8 Å². The van der Waals surface area contributed by atoms with Crippen molar-refractivity contribution in [2.24, 2.45) is 11.8 Å². The number of fused-ring (bicyclic) bond motifs is 1. The maximum Gasteiger partial charge on any atom is 0.238 e. The average molecular weight is 438 g/mol. The summed E-state index contributed by atoms with van der Waals surface area (Å²) in [7, 11) is 0. The molecule has 4 heteroatoms. The van der Waals surface area contributed by atoms with Gasteiger partial charge in [-0.25, -0.2) is 4.90 Å². The molecule has 5 rings (SSSR count). The van der Waals surface area contributed by atoms with E-state index in [9.17, 15) is 9.59 Å². The second kappa shape index (κ2) is 9.07. The third kappa shape index (κ3) is 3.76. The molecular formula is C29H27NO3. The topological polar surface area (TPSA) is 46.6 Å². The minimum absolute atomic E-state index is 0.152. The number of amides is 2. The Morgan fingerprint density at radius 1 is 0.697 bits per heavy atom. The van der Waals surface area contributed by atoms with Crippen molar-refractivity contribution in [3.63, 3.8) is 0 Å². The molecular weight excluding hydrogens is 410 g/mol. The SMILES string of the molecule is CCCOc1ccccc1N1C(=O)[C@@H]2[C@H](C1=O)[C@H](c1ccccc1)C=C[C@H]2c1ccccc1. The summed E-state index contributed by atoms with van der Waals surface area (Å²) in [6.45, 7) is 2.56. The molecule has 1 heterocycles. The molecule has 0 N–H and O–H groups in total. The van der Waals surface area contributed by atoms with Crippen LogP contribution < -0.4 is 9.64 Å². The van der Waals surface area contributed by atoms with Crippen LogP contribution in [0.2, 0.25) is 0 Å². The van der Waals surface area contributed by atoms with Crippen LogP contribution in [-0.2, 0) is 9.59 Å². The molecule has 0 saturated carbocycles. The van der Waals surface area contributed by atoms with Crippen LogP contribution in [0.1, 0.15) is 36.3 Å². The third-order valence-electron chi connectivity index (χ3n) is 6.63. The van der Waals surface area contributed by atoms with E-state index in [1.54, 1.807) is 6.07 Å². The number of benzene rings is 3. The Labute approximate surface area is 194 Å². The normalized spacial score (nSPS) is 24.1. The molecule has 2 aliphatic rings. The second-order valence-corrected chi connectivity index (χ2v) is 8.64. The van der Waals surface area contributed by atoms with Crippen LogP contribution >= 0.6 is 0 Å². The first kappa shape index (κ1) is 21.2. The summed E-state index contributed by atoms with van der Waals surface area (Å²) >= 11 is 0. The van der Waals surface area contributed by atoms with E-state index in [1.165, 1.54) is 4.90 Å². The first-order valence-corrected chi connectivity index (χ1v) is 11.6. The standard InChI is InChI=1S/C29H27NO3/c1-2-19-33-25-16-10-9-15-24(25)30-28(31)26-22(20-11-5-3-6-12-20)17-18-23(27(26)29(30)32)21-13-7-4-8-14-21/h3-18,22-23,26-27H,2,19H2,1H3/t22-,23-,26-,27+/m0/s1. The summed E-state index contributed by atoms with van der Waals surface area (Å²) in [5.41, 5.74) is 2.64. The fourth-order valence-corrected chi connectivity index (χ4v) is 5.15. The van der Waals surface area contributed by atoms with E-state index in [0.717, 1.165) is 17.5 Å². The number of ether oxygens (including phenoxy) is 1. The summed E-state index contributed by atoms with van der Waals surface area (Å²) in [5.74, 6) is -0.972. The molecule has 33 heavy (non-hydrogen) atoms. The van der Waals surface area contributed by atoms with Crippen LogP contribution in [0.4, 0.5) is 5.69 Å². The quantitative estimate of drug-likeness (QED) is 0.366. The van der Waals surface area contributed by atoms with Crippen LogP contribution in [0, 0.1) is 11.8 Å². The van der Waals surface area contributed by atoms with E-state index < -0.39 is 11.8 Å². The van der Waals surface area contributed by atoms with Gasteiger partial charge in [-0.1, -0.05) is 91.9 Å². The molecule has 0 aromatic heterocycles. The van der Waals surface area contributed by atoms with Gasteiger partial charge in [0.25, 0.3) is 0 Å². The number of carbonyl (C=O) groups excluding carboxylic acids is 2. The zero-order valence-electron chi connectivity index (χ0n) is 18.6. The largest absolute Gasteiger partial charge is 0.491 e. The lowest BCUT2D eigenvalue weighted by atomic mass is 9.68. The molecule has 0 bridgehead atoms. The van der Waals surface area contributed by atoms with Crippen LogP contribution in [0.15, 0.2) is 97.1 Å². The van der Waals surface area contributed by atoms with Crippen molar-refractivity contribution >= 4 is 17.5 Å². The maximum atomic E-state index is 14.0. The second-order valence-electron chi connectivity index (χ2n) is 8.64. The van der Waals surface area contributed by atoms with E-state index in [1.807, 2.05) is 85.8 Å². The van der Waals surface area contributed by atoms with E-state index in [4.69, 9.17) is 4.74 Å². The van der Waals surface area contributed by atoms with E-state index in [-0.39, 0.29) is 23.7 Å². The van der Waals surface area contributed by atoms with Crippen LogP contribution in [-0.4, -0.2) is 18.4 Å². The van der Waals surface area contributed by atoms with Gasteiger partial charge >= 0.3 is 0 Å². The van der Waals surface area contributed by atoms with Crippen molar-refractivity contribution in [1.82, 2.24) is 0 Å². The number of anilines is 1. The highest BCUT2D eigenvalue weighted by atomic mass is 16.5. The lowest BCUT2D eigenvalue weighted by molar-refractivity contribution is -0.122. The number of carbonyl (C=O) groups is 2. The van der Waals surface area contributed by atoms with Gasteiger partial charge in [0.2, 0.25) is 11.8 Å². The first-order chi connectivity index (χ1) is 16.2. The molecule has 2 amide bonds. The first-order valence-electron chi connectivity index (χ1n) is 11.6. The zero-order valence-corrected chi connectivity index (χ0v) is 18.6. The number of para-hydroxylation sites is 2. The molecule has 3 aromatic carbocycles. The molecule has 166 valence electrons. The van der Waals surface area contributed by atoms with Crippen molar-refractivity contribution < 1.29 is 14.3 Å². The van der Waals surface area contributed by atoms with Crippen LogP contribution in [0.25, 0.3) is 0 Å². The Morgan fingerprint density at radius 3 is 1.70 bits per heavy atom. The Balaban J connectivity index is 1.61. The van der Waals surface area contributed by atoms with Gasteiger partial charge in [0.15, 0.2) is 0 Å². The van der Waals surface area contributed by atoms with Crippen molar-refractivity contribution in [3.05, 3.63) is 108 Å². The minimum atomic E-state index is -0.464. The van der Waals surface area contributed by atoms with Crippen molar-refractivity contribution in [1.29, 1.82) is 0 Å². The molecule has 1 fully saturated rings. The van der Waals surface area contributed by atoms with Crippen molar-refractivity contribution in [2.45, 2.75) is 25.2 Å². The smallest absolute Gasteiger partial charge is 0.238 e. The third-order valence-corrected chi connectivity index (χ3v) is 6.63. The number of hydrogen-bond acceptors (Lipinski definition) is 3. The predicted molar refractivity (Wildman–Crippen MR) is 129 cm³/mol. The highest BCUT2D eigenvalue weighted by Gasteiger charge is 2.55. The fourth-order valence-electron chi connectivity index (χ4n) is 5.15. The average Bonchev–Trinajstić information content (AvgIpc) is 3.14. The molecule has 0 unspecified atom stereocenters. The molecule has 3 aromatic rings. The molecule has 0 radical (unpaired) electrons. The summed E-state index contributed by atoms with van der Waals surface area (Å²) < 4.78 is 5.91. The highest BCUT2D eigenvalue weighted by molar-refractivity contribution is 6.23. The van der Waals surface area contributed by atoms with Crippen LogP contribution in [0.3, 0.4) is 0 Å². The van der Waals surface area contributed by atoms with Gasteiger partial charge in [0.05, 0.1) is 24.1 Å². The zero-order chi connectivity index (χ0) is 22.8. The van der Waals surface area contributed by atoms with Gasteiger partial charge in [0.1, 0.15) is 5.75 Å². The van der Waals surface area contributed by atoms with E-state index in [0.29, 0.717) is 18.0 Å². The molecule has 1 aliphatic heterocycles. The van der Waals surface area contributed by atoms with Gasteiger partial charge in [-0.2, -0.15) is 0 Å². The Hall–Kier alpha value is -3.66. The van der Waals surface area contributed by atoms with Gasteiger partial charge in [-0.15, -0.1) is 0 Å². The lowest BCUT2D eigenvalue weighted by Gasteiger charge is -2.32. The Morgan fingerprint density at radius 2 is 1.18 bits per heavy atom. The van der Waals surface area contributed by atoms with E-state index in [2.05, 4.69) is 12.2 Å². The summed E-state index contributed by atoms with van der Waals surface area (Å²) in [6, 6.07) is 27.3. The van der Waals surface area contributed by atoms with Gasteiger partial charge in [-0.3, -0.25) is 9.59 Å². The summed E-state index contributed by atoms with van der Waals surface area (Å²) in [6.07, 6.45) is 5.07. The Kier molecular flexibility index (Phi) is 5.82. The molecule has 4 atom stereocenters. The van der Waals surface area contributed by atoms with E-state index >= 15 is 0 Å². The molecule has 0 spiro atoms.